The molecule has 1 aromatic heterocycles. The Hall–Kier alpha value is -0.720. The zero-order valence-electron chi connectivity index (χ0n) is 11.4. The van der Waals surface area contributed by atoms with E-state index < -0.39 is 6.10 Å². The zero-order valence-corrected chi connectivity index (χ0v) is 12.2. The highest BCUT2D eigenvalue weighted by Gasteiger charge is 2.04. The third-order valence-electron chi connectivity index (χ3n) is 2.29. The summed E-state index contributed by atoms with van der Waals surface area (Å²) in [6, 6.07) is 4.01. The molecule has 0 aliphatic heterocycles. The molecule has 1 rings (SSSR count). The van der Waals surface area contributed by atoms with Gasteiger partial charge < -0.3 is 19.9 Å². The molecule has 0 saturated heterocycles. The van der Waals surface area contributed by atoms with Crippen LogP contribution in [0, 0.1) is 0 Å². The molecule has 0 spiro atoms. The van der Waals surface area contributed by atoms with Gasteiger partial charge in [-0.3, -0.25) is 0 Å². The maximum atomic E-state index is 9.68. The first-order valence-electron chi connectivity index (χ1n) is 6.39. The number of aliphatic hydroxyl groups excluding tert-OH is 1. The summed E-state index contributed by atoms with van der Waals surface area (Å²) in [5, 5.41) is 14.8. The molecule has 2 N–H and O–H groups in total. The maximum Gasteiger partial charge on any atom is 0.0897 e. The van der Waals surface area contributed by atoms with E-state index in [2.05, 4.69) is 11.9 Å². The van der Waals surface area contributed by atoms with Crippen LogP contribution in [0.5, 0.6) is 0 Å². The normalized spacial score (nSPS) is 12.5. The maximum absolute atomic E-state index is 9.68. The van der Waals surface area contributed by atoms with E-state index >= 15 is 0 Å². The van der Waals surface area contributed by atoms with E-state index in [-0.39, 0.29) is 0 Å². The summed E-state index contributed by atoms with van der Waals surface area (Å²) in [7, 11) is 0. The molecule has 5 heteroatoms. The summed E-state index contributed by atoms with van der Waals surface area (Å²) < 4.78 is 10.8. The standard InChI is InChI=1S/C14H23NO3S/c1-12(2)9-17-6-5-15-8-13(16)10-18-11-14-4-3-7-19-14/h3-4,7,13,15-16H,1,5-6,8-11H2,2H3. The monoisotopic (exact) mass is 285 g/mol. The number of aliphatic hydroxyl groups is 1. The third-order valence-corrected chi connectivity index (χ3v) is 3.14. The molecule has 0 aromatic carbocycles. The van der Waals surface area contributed by atoms with E-state index in [1.807, 2.05) is 24.4 Å². The van der Waals surface area contributed by atoms with Crippen molar-refractivity contribution in [1.82, 2.24) is 5.32 Å². The molecule has 1 atom stereocenters. The summed E-state index contributed by atoms with van der Waals surface area (Å²) in [5.41, 5.74) is 1.02. The van der Waals surface area contributed by atoms with E-state index in [1.165, 1.54) is 4.88 Å². The van der Waals surface area contributed by atoms with Crippen molar-refractivity contribution in [3.8, 4) is 0 Å². The number of nitrogens with one attached hydrogen (secondary N) is 1. The summed E-state index contributed by atoms with van der Waals surface area (Å²) in [6.45, 7) is 9.04. The Morgan fingerprint density at radius 2 is 2.37 bits per heavy atom. The van der Waals surface area contributed by atoms with Crippen LogP contribution < -0.4 is 5.32 Å². The molecule has 0 aliphatic rings. The van der Waals surface area contributed by atoms with Gasteiger partial charge in [0.15, 0.2) is 0 Å². The first-order valence-corrected chi connectivity index (χ1v) is 7.27. The van der Waals surface area contributed by atoms with Gasteiger partial charge in [0.1, 0.15) is 0 Å². The second-order valence-corrected chi connectivity index (χ2v) is 5.49. The Kier molecular flexibility index (Phi) is 8.69. The van der Waals surface area contributed by atoms with Gasteiger partial charge in [-0.2, -0.15) is 0 Å². The Balaban J connectivity index is 1.90. The van der Waals surface area contributed by atoms with Crippen LogP contribution in [-0.4, -0.2) is 44.1 Å². The Morgan fingerprint density at radius 1 is 1.53 bits per heavy atom. The molecule has 1 aromatic rings. The van der Waals surface area contributed by atoms with E-state index in [4.69, 9.17) is 9.47 Å². The van der Waals surface area contributed by atoms with Gasteiger partial charge in [0.25, 0.3) is 0 Å². The first-order chi connectivity index (χ1) is 9.18. The van der Waals surface area contributed by atoms with Gasteiger partial charge in [0.05, 0.1) is 32.5 Å². The van der Waals surface area contributed by atoms with Crippen LogP contribution in [0.1, 0.15) is 11.8 Å². The summed E-state index contributed by atoms with van der Waals surface area (Å²) in [5.74, 6) is 0. The zero-order chi connectivity index (χ0) is 13.9. The molecule has 0 radical (unpaired) electrons. The average molecular weight is 285 g/mol. The van der Waals surface area contributed by atoms with Crippen LogP contribution in [0.15, 0.2) is 29.7 Å². The number of thiophene rings is 1. The van der Waals surface area contributed by atoms with Gasteiger partial charge in [-0.1, -0.05) is 18.2 Å². The molecule has 0 aliphatic carbocycles. The highest BCUT2D eigenvalue weighted by atomic mass is 32.1. The van der Waals surface area contributed by atoms with Gasteiger partial charge in [0.2, 0.25) is 0 Å². The largest absolute Gasteiger partial charge is 0.389 e. The highest BCUT2D eigenvalue weighted by molar-refractivity contribution is 7.09. The van der Waals surface area contributed by atoms with E-state index in [0.717, 1.165) is 12.1 Å². The van der Waals surface area contributed by atoms with Crippen LogP contribution in [0.2, 0.25) is 0 Å². The predicted octanol–water partition coefficient (Wildman–Crippen LogP) is 1.81. The summed E-state index contributed by atoms with van der Waals surface area (Å²) in [4.78, 5) is 1.17. The lowest BCUT2D eigenvalue weighted by molar-refractivity contribution is 0.0289. The first kappa shape index (κ1) is 16.3. The number of hydrogen-bond acceptors (Lipinski definition) is 5. The van der Waals surface area contributed by atoms with Crippen molar-refractivity contribution in [2.75, 3.05) is 32.9 Å². The van der Waals surface area contributed by atoms with Crippen LogP contribution in [0.3, 0.4) is 0 Å². The smallest absolute Gasteiger partial charge is 0.0897 e. The van der Waals surface area contributed by atoms with Crippen LogP contribution >= 0.6 is 11.3 Å². The topological polar surface area (TPSA) is 50.7 Å². The molecule has 0 saturated carbocycles. The molecule has 108 valence electrons. The van der Waals surface area contributed by atoms with Crippen molar-refractivity contribution in [3.63, 3.8) is 0 Å². The fraction of sp³-hybridized carbons (Fsp3) is 0.571. The fourth-order valence-corrected chi connectivity index (χ4v) is 2.05. The van der Waals surface area contributed by atoms with Crippen LogP contribution in [0.4, 0.5) is 0 Å². The minimum absolute atomic E-state index is 0.345. The molecular weight excluding hydrogens is 262 g/mol. The van der Waals surface area contributed by atoms with E-state index in [1.54, 1.807) is 11.3 Å². The Morgan fingerprint density at radius 3 is 3.05 bits per heavy atom. The summed E-state index contributed by atoms with van der Waals surface area (Å²) in [6.07, 6.45) is -0.485. The van der Waals surface area contributed by atoms with Crippen LogP contribution in [0.25, 0.3) is 0 Å². The van der Waals surface area contributed by atoms with E-state index in [0.29, 0.717) is 33.0 Å². The molecule has 0 amide bonds. The summed E-state index contributed by atoms with van der Waals surface area (Å²) >= 11 is 1.66. The second kappa shape index (κ2) is 10.1. The fourth-order valence-electron chi connectivity index (χ4n) is 1.41. The minimum atomic E-state index is -0.485. The minimum Gasteiger partial charge on any atom is -0.389 e. The average Bonchev–Trinajstić information content (AvgIpc) is 2.86. The van der Waals surface area contributed by atoms with Gasteiger partial charge in [-0.25, -0.2) is 0 Å². The van der Waals surface area contributed by atoms with Gasteiger partial charge in [-0.15, -0.1) is 11.3 Å². The molecular formula is C14H23NO3S. The molecule has 4 nitrogen and oxygen atoms in total. The lowest BCUT2D eigenvalue weighted by Gasteiger charge is -2.12. The highest BCUT2D eigenvalue weighted by Crippen LogP contribution is 2.09. The van der Waals surface area contributed by atoms with Crippen molar-refractivity contribution in [2.45, 2.75) is 19.6 Å². The number of hydrogen-bond donors (Lipinski definition) is 2. The lowest BCUT2D eigenvalue weighted by atomic mass is 10.3. The van der Waals surface area contributed by atoms with Crippen LogP contribution in [-0.2, 0) is 16.1 Å². The molecule has 1 heterocycles. The Bertz CT molecular complexity index is 340. The van der Waals surface area contributed by atoms with Gasteiger partial charge in [0, 0.05) is 18.0 Å². The van der Waals surface area contributed by atoms with Gasteiger partial charge in [-0.05, 0) is 18.4 Å². The van der Waals surface area contributed by atoms with Crippen molar-refractivity contribution >= 4 is 11.3 Å². The molecule has 1 unspecified atom stereocenters. The lowest BCUT2D eigenvalue weighted by Crippen LogP contribution is -2.32. The Labute approximate surface area is 119 Å². The predicted molar refractivity (Wildman–Crippen MR) is 78.5 cm³/mol. The van der Waals surface area contributed by atoms with Crippen molar-refractivity contribution in [3.05, 3.63) is 34.5 Å². The molecule has 19 heavy (non-hydrogen) atoms. The number of rotatable bonds is 11. The molecule has 0 fully saturated rings. The second-order valence-electron chi connectivity index (χ2n) is 4.46. The molecule has 0 bridgehead atoms. The van der Waals surface area contributed by atoms with Crippen molar-refractivity contribution in [2.24, 2.45) is 0 Å². The third kappa shape index (κ3) is 8.91. The quantitative estimate of drug-likeness (QED) is 0.481. The van der Waals surface area contributed by atoms with E-state index in [9.17, 15) is 5.11 Å². The SMILES string of the molecule is C=C(C)COCCNCC(O)COCc1cccs1. The van der Waals surface area contributed by atoms with Crippen molar-refractivity contribution in [1.29, 1.82) is 0 Å². The van der Waals surface area contributed by atoms with Gasteiger partial charge >= 0.3 is 0 Å². The van der Waals surface area contributed by atoms with Crippen molar-refractivity contribution < 1.29 is 14.6 Å². The number of ether oxygens (including phenoxy) is 2.